The number of rotatable bonds is 5. The van der Waals surface area contributed by atoms with E-state index in [2.05, 4.69) is 25.6 Å². The fourth-order valence-electron chi connectivity index (χ4n) is 2.63. The minimum Gasteiger partial charge on any atom is -0.369 e. The van der Waals surface area contributed by atoms with E-state index in [0.717, 1.165) is 36.3 Å². The summed E-state index contributed by atoms with van der Waals surface area (Å²) in [7, 11) is 1.65. The van der Waals surface area contributed by atoms with Gasteiger partial charge in [0.15, 0.2) is 5.82 Å². The summed E-state index contributed by atoms with van der Waals surface area (Å²) in [5.74, 6) is 1.59. The highest BCUT2D eigenvalue weighted by Gasteiger charge is 2.19. The number of nitrogens with zero attached hydrogens (tertiary/aromatic N) is 3. The maximum Gasteiger partial charge on any atom is 0.221 e. The van der Waals surface area contributed by atoms with Crippen molar-refractivity contribution in [1.29, 1.82) is 0 Å². The normalized spacial score (nSPS) is 12.8. The van der Waals surface area contributed by atoms with Crippen LogP contribution >= 0.6 is 0 Å². The lowest BCUT2D eigenvalue weighted by molar-refractivity contribution is -0.120. The molecule has 0 radical (unpaired) electrons. The number of carbonyl (C=O) groups excluding carboxylic acids is 1. The number of nitrogens with one attached hydrogen (secondary N) is 2. The summed E-state index contributed by atoms with van der Waals surface area (Å²) in [5, 5.41) is 5.91. The maximum atomic E-state index is 11.3. The molecule has 0 bridgehead atoms. The van der Waals surface area contributed by atoms with Gasteiger partial charge in [-0.25, -0.2) is 9.97 Å². The van der Waals surface area contributed by atoms with Crippen molar-refractivity contribution in [3.63, 3.8) is 0 Å². The van der Waals surface area contributed by atoms with E-state index >= 15 is 0 Å². The second kappa shape index (κ2) is 6.51. The molecule has 0 aliphatic heterocycles. The number of hydrogen-bond acceptors (Lipinski definition) is 5. The van der Waals surface area contributed by atoms with Crippen molar-refractivity contribution in [2.24, 2.45) is 0 Å². The smallest absolute Gasteiger partial charge is 0.221 e. The molecule has 0 unspecified atom stereocenters. The Morgan fingerprint density at radius 1 is 1.23 bits per heavy atom. The van der Waals surface area contributed by atoms with Crippen molar-refractivity contribution in [2.75, 3.05) is 18.9 Å². The van der Waals surface area contributed by atoms with Gasteiger partial charge in [0, 0.05) is 49.2 Å². The Balaban J connectivity index is 1.85. The fraction of sp³-hybridized carbons (Fsp3) is 0.375. The first-order valence-corrected chi connectivity index (χ1v) is 7.52. The Bertz CT molecular complexity index is 672. The van der Waals surface area contributed by atoms with Gasteiger partial charge in [0.2, 0.25) is 5.91 Å². The molecule has 3 rings (SSSR count). The van der Waals surface area contributed by atoms with Crippen molar-refractivity contribution in [3.05, 3.63) is 35.8 Å². The molecule has 0 saturated heterocycles. The lowest BCUT2D eigenvalue weighted by Gasteiger charge is -2.12. The maximum absolute atomic E-state index is 11.3. The predicted molar refractivity (Wildman–Crippen MR) is 84.5 cm³/mol. The third-order valence-corrected chi connectivity index (χ3v) is 3.79. The standard InChI is InChI=1S/C16H19N5O/c1-17-14(22)7-10-19-16-12-3-2-4-13(12)20-15(21-16)11-5-8-18-9-6-11/h5-6,8-9H,2-4,7,10H2,1H3,(H,17,22)(H,19,20,21). The van der Waals surface area contributed by atoms with E-state index in [4.69, 9.17) is 0 Å². The summed E-state index contributed by atoms with van der Waals surface area (Å²) < 4.78 is 0. The van der Waals surface area contributed by atoms with E-state index in [9.17, 15) is 4.79 Å². The van der Waals surface area contributed by atoms with Gasteiger partial charge in [0.05, 0.1) is 0 Å². The van der Waals surface area contributed by atoms with E-state index in [1.165, 1.54) is 5.56 Å². The molecule has 0 aromatic carbocycles. The van der Waals surface area contributed by atoms with Crippen molar-refractivity contribution >= 4 is 11.7 Å². The number of carbonyl (C=O) groups is 1. The van der Waals surface area contributed by atoms with Gasteiger partial charge >= 0.3 is 0 Å². The van der Waals surface area contributed by atoms with Crippen molar-refractivity contribution < 1.29 is 4.79 Å². The van der Waals surface area contributed by atoms with Gasteiger partial charge in [-0.2, -0.15) is 0 Å². The van der Waals surface area contributed by atoms with Gasteiger partial charge < -0.3 is 10.6 Å². The predicted octanol–water partition coefficient (Wildman–Crippen LogP) is 1.58. The summed E-state index contributed by atoms with van der Waals surface area (Å²) >= 11 is 0. The average molecular weight is 297 g/mol. The Morgan fingerprint density at radius 3 is 2.82 bits per heavy atom. The zero-order valence-corrected chi connectivity index (χ0v) is 12.6. The Morgan fingerprint density at radius 2 is 2.05 bits per heavy atom. The molecule has 114 valence electrons. The summed E-state index contributed by atoms with van der Waals surface area (Å²) in [6.07, 6.45) is 7.00. The van der Waals surface area contributed by atoms with Crippen LogP contribution < -0.4 is 10.6 Å². The molecule has 2 aromatic rings. The van der Waals surface area contributed by atoms with Crippen LogP contribution in [0.3, 0.4) is 0 Å². The molecule has 2 heterocycles. The third-order valence-electron chi connectivity index (χ3n) is 3.79. The minimum absolute atomic E-state index is 0.0209. The van der Waals surface area contributed by atoms with E-state index in [1.807, 2.05) is 12.1 Å². The van der Waals surface area contributed by atoms with E-state index in [-0.39, 0.29) is 5.91 Å². The van der Waals surface area contributed by atoms with Gasteiger partial charge in [-0.15, -0.1) is 0 Å². The van der Waals surface area contributed by atoms with Crippen LogP contribution in [0, 0.1) is 0 Å². The molecule has 0 fully saturated rings. The highest BCUT2D eigenvalue weighted by Crippen LogP contribution is 2.28. The van der Waals surface area contributed by atoms with Gasteiger partial charge in [-0.1, -0.05) is 0 Å². The van der Waals surface area contributed by atoms with Crippen molar-refractivity contribution in [3.8, 4) is 11.4 Å². The van der Waals surface area contributed by atoms with Gasteiger partial charge in [-0.05, 0) is 31.4 Å². The van der Waals surface area contributed by atoms with Crippen molar-refractivity contribution in [1.82, 2.24) is 20.3 Å². The zero-order chi connectivity index (χ0) is 15.4. The van der Waals surface area contributed by atoms with Crippen LogP contribution in [-0.4, -0.2) is 34.5 Å². The van der Waals surface area contributed by atoms with Crippen molar-refractivity contribution in [2.45, 2.75) is 25.7 Å². The molecule has 2 aromatic heterocycles. The molecular weight excluding hydrogens is 278 g/mol. The second-order valence-electron chi connectivity index (χ2n) is 5.26. The molecule has 2 N–H and O–H groups in total. The molecule has 6 nitrogen and oxygen atoms in total. The highest BCUT2D eigenvalue weighted by atomic mass is 16.1. The molecule has 0 saturated carbocycles. The number of aromatic nitrogens is 3. The van der Waals surface area contributed by atoms with E-state index < -0.39 is 0 Å². The molecule has 6 heteroatoms. The van der Waals surface area contributed by atoms with Crippen LogP contribution in [0.15, 0.2) is 24.5 Å². The van der Waals surface area contributed by atoms with Crippen LogP contribution in [0.4, 0.5) is 5.82 Å². The summed E-state index contributed by atoms with van der Waals surface area (Å²) in [4.78, 5) is 24.7. The number of pyridine rings is 1. The van der Waals surface area contributed by atoms with Crippen LogP contribution in [0.2, 0.25) is 0 Å². The van der Waals surface area contributed by atoms with Crippen LogP contribution in [0.1, 0.15) is 24.1 Å². The van der Waals surface area contributed by atoms with E-state index in [0.29, 0.717) is 18.8 Å². The lowest BCUT2D eigenvalue weighted by Crippen LogP contribution is -2.21. The Hall–Kier alpha value is -2.50. The van der Waals surface area contributed by atoms with Gasteiger partial charge in [0.25, 0.3) is 0 Å². The molecule has 1 aliphatic rings. The van der Waals surface area contributed by atoms with Gasteiger partial charge in [-0.3, -0.25) is 9.78 Å². The number of fused-ring (bicyclic) bond motifs is 1. The lowest BCUT2D eigenvalue weighted by atomic mass is 10.2. The number of hydrogen-bond donors (Lipinski definition) is 2. The van der Waals surface area contributed by atoms with Crippen LogP contribution in [0.25, 0.3) is 11.4 Å². The first-order valence-electron chi connectivity index (χ1n) is 7.52. The number of anilines is 1. The summed E-state index contributed by atoms with van der Waals surface area (Å²) in [6.45, 7) is 0.568. The minimum atomic E-state index is 0.0209. The Kier molecular flexibility index (Phi) is 4.27. The first-order chi connectivity index (χ1) is 10.8. The highest BCUT2D eigenvalue weighted by molar-refractivity contribution is 5.76. The number of amides is 1. The molecule has 0 atom stereocenters. The molecule has 0 spiro atoms. The molecule has 1 aliphatic carbocycles. The topological polar surface area (TPSA) is 79.8 Å². The first kappa shape index (κ1) is 14.4. The third kappa shape index (κ3) is 3.05. The molecular formula is C16H19N5O. The van der Waals surface area contributed by atoms with Crippen LogP contribution in [0.5, 0.6) is 0 Å². The molecule has 22 heavy (non-hydrogen) atoms. The zero-order valence-electron chi connectivity index (χ0n) is 12.6. The SMILES string of the molecule is CNC(=O)CCNc1nc(-c2ccncc2)nc2c1CCC2. The number of aryl methyl sites for hydroxylation is 1. The quantitative estimate of drug-likeness (QED) is 0.876. The van der Waals surface area contributed by atoms with Crippen LogP contribution in [-0.2, 0) is 17.6 Å². The Labute approximate surface area is 129 Å². The van der Waals surface area contributed by atoms with E-state index in [1.54, 1.807) is 19.4 Å². The van der Waals surface area contributed by atoms with Gasteiger partial charge in [0.1, 0.15) is 5.82 Å². The largest absolute Gasteiger partial charge is 0.369 e. The fourth-order valence-corrected chi connectivity index (χ4v) is 2.63. The summed E-state index contributed by atoms with van der Waals surface area (Å²) in [5.41, 5.74) is 3.26. The summed E-state index contributed by atoms with van der Waals surface area (Å²) in [6, 6.07) is 3.82. The average Bonchev–Trinajstić information content (AvgIpc) is 3.04. The monoisotopic (exact) mass is 297 g/mol. The second-order valence-corrected chi connectivity index (χ2v) is 5.26. The molecule has 1 amide bonds.